The van der Waals surface area contributed by atoms with Crippen LogP contribution in [0, 0.1) is 0 Å². The molecular weight excluding hydrogens is 258 g/mol. The maximum atomic E-state index is 5.92. The molecule has 0 aromatic heterocycles. The molecule has 21 heavy (non-hydrogen) atoms. The highest BCUT2D eigenvalue weighted by Crippen LogP contribution is 2.19. The highest BCUT2D eigenvalue weighted by molar-refractivity contribution is 5.33. The predicted octanol–water partition coefficient (Wildman–Crippen LogP) is 3.98. The molecule has 0 amide bonds. The summed E-state index contributed by atoms with van der Waals surface area (Å²) in [5.41, 5.74) is 8.48. The van der Waals surface area contributed by atoms with Crippen LogP contribution < -0.4 is 10.5 Å². The molecule has 1 unspecified atom stereocenters. The van der Waals surface area contributed by atoms with E-state index in [0.29, 0.717) is 0 Å². The van der Waals surface area contributed by atoms with Gasteiger partial charge in [-0.3, -0.25) is 0 Å². The van der Waals surface area contributed by atoms with Gasteiger partial charge in [-0.15, -0.1) is 0 Å². The second kappa shape index (κ2) is 8.48. The van der Waals surface area contributed by atoms with Crippen molar-refractivity contribution in [2.75, 3.05) is 6.61 Å². The zero-order chi connectivity index (χ0) is 14.9. The summed E-state index contributed by atoms with van der Waals surface area (Å²) in [6, 6.07) is 19.0. The number of hydrogen-bond donors (Lipinski definition) is 1. The third kappa shape index (κ3) is 5.60. The lowest BCUT2D eigenvalue weighted by atomic mass is 10.1. The third-order valence-electron chi connectivity index (χ3n) is 3.47. The van der Waals surface area contributed by atoms with Crippen LogP contribution in [-0.2, 0) is 12.8 Å². The predicted molar refractivity (Wildman–Crippen MR) is 88.7 cm³/mol. The van der Waals surface area contributed by atoms with Crippen LogP contribution in [0.15, 0.2) is 54.6 Å². The van der Waals surface area contributed by atoms with E-state index in [2.05, 4.69) is 36.4 Å². The normalized spacial score (nSPS) is 12.1. The largest absolute Gasteiger partial charge is 0.493 e. The van der Waals surface area contributed by atoms with E-state index in [9.17, 15) is 0 Å². The molecule has 2 aromatic rings. The molecule has 2 nitrogen and oxygen atoms in total. The van der Waals surface area contributed by atoms with Crippen molar-refractivity contribution < 1.29 is 4.74 Å². The minimum atomic E-state index is 0.160. The van der Waals surface area contributed by atoms with Crippen molar-refractivity contribution in [2.45, 2.75) is 38.6 Å². The van der Waals surface area contributed by atoms with Crippen molar-refractivity contribution in [2.24, 2.45) is 5.73 Å². The standard InChI is InChI=1S/C19H25NO/c1-16(20)15-18-12-5-6-13-19(18)21-14-8-7-11-17-9-3-2-4-10-17/h2-6,9-10,12-13,16H,7-8,11,14-15,20H2,1H3. The summed E-state index contributed by atoms with van der Waals surface area (Å²) in [5, 5.41) is 0. The van der Waals surface area contributed by atoms with Crippen LogP contribution in [-0.4, -0.2) is 12.6 Å². The lowest BCUT2D eigenvalue weighted by Gasteiger charge is -2.13. The molecule has 0 aliphatic carbocycles. The first-order valence-electron chi connectivity index (χ1n) is 7.76. The molecule has 2 N–H and O–H groups in total. The Morgan fingerprint density at radius 3 is 2.43 bits per heavy atom. The highest BCUT2D eigenvalue weighted by atomic mass is 16.5. The van der Waals surface area contributed by atoms with Gasteiger partial charge in [0.15, 0.2) is 0 Å². The molecule has 112 valence electrons. The van der Waals surface area contributed by atoms with Crippen LogP contribution >= 0.6 is 0 Å². The van der Waals surface area contributed by atoms with Crippen LogP contribution in [0.2, 0.25) is 0 Å². The Balaban J connectivity index is 1.73. The van der Waals surface area contributed by atoms with Gasteiger partial charge in [-0.25, -0.2) is 0 Å². The van der Waals surface area contributed by atoms with Gasteiger partial charge in [0.1, 0.15) is 5.75 Å². The van der Waals surface area contributed by atoms with Gasteiger partial charge >= 0.3 is 0 Å². The lowest BCUT2D eigenvalue weighted by molar-refractivity contribution is 0.303. The number of unbranched alkanes of at least 4 members (excludes halogenated alkanes) is 1. The first kappa shape index (κ1) is 15.6. The van der Waals surface area contributed by atoms with E-state index in [0.717, 1.165) is 38.0 Å². The smallest absolute Gasteiger partial charge is 0.122 e. The van der Waals surface area contributed by atoms with Gasteiger partial charge in [-0.1, -0.05) is 48.5 Å². The highest BCUT2D eigenvalue weighted by Gasteiger charge is 2.05. The number of aryl methyl sites for hydroxylation is 1. The first-order chi connectivity index (χ1) is 10.3. The Labute approximate surface area is 127 Å². The molecule has 2 heteroatoms. The zero-order valence-electron chi connectivity index (χ0n) is 12.8. The monoisotopic (exact) mass is 283 g/mol. The Morgan fingerprint density at radius 1 is 0.952 bits per heavy atom. The van der Waals surface area contributed by atoms with Gasteiger partial charge < -0.3 is 10.5 Å². The van der Waals surface area contributed by atoms with Crippen molar-refractivity contribution in [3.8, 4) is 5.75 Å². The Hall–Kier alpha value is -1.80. The number of rotatable bonds is 8. The minimum absolute atomic E-state index is 0.160. The Morgan fingerprint density at radius 2 is 1.67 bits per heavy atom. The fraction of sp³-hybridized carbons (Fsp3) is 0.368. The molecule has 0 spiro atoms. The minimum Gasteiger partial charge on any atom is -0.493 e. The van der Waals surface area contributed by atoms with Crippen LogP contribution in [0.3, 0.4) is 0 Å². The van der Waals surface area contributed by atoms with Crippen molar-refractivity contribution >= 4 is 0 Å². The average Bonchev–Trinajstić information content (AvgIpc) is 2.49. The summed E-state index contributed by atoms with van der Waals surface area (Å²) < 4.78 is 5.92. The molecule has 0 aliphatic heterocycles. The van der Waals surface area contributed by atoms with Crippen LogP contribution in [0.4, 0.5) is 0 Å². The summed E-state index contributed by atoms with van der Waals surface area (Å²) >= 11 is 0. The Bertz CT molecular complexity index is 522. The number of ether oxygens (including phenoxy) is 1. The number of hydrogen-bond acceptors (Lipinski definition) is 2. The Kier molecular flexibility index (Phi) is 6.29. The number of benzene rings is 2. The molecule has 0 saturated carbocycles. The maximum Gasteiger partial charge on any atom is 0.122 e. The second-order valence-corrected chi connectivity index (χ2v) is 5.58. The molecule has 1 atom stereocenters. The van der Waals surface area contributed by atoms with E-state index >= 15 is 0 Å². The van der Waals surface area contributed by atoms with Gasteiger partial charge in [0.25, 0.3) is 0 Å². The fourth-order valence-electron chi connectivity index (χ4n) is 2.42. The van der Waals surface area contributed by atoms with Gasteiger partial charge in [-0.2, -0.15) is 0 Å². The molecular formula is C19H25NO. The summed E-state index contributed by atoms with van der Waals surface area (Å²) in [6.45, 7) is 2.79. The fourth-order valence-corrected chi connectivity index (χ4v) is 2.42. The summed E-state index contributed by atoms with van der Waals surface area (Å²) in [5.74, 6) is 0.981. The number of para-hydroxylation sites is 1. The van der Waals surface area contributed by atoms with E-state index in [1.807, 2.05) is 25.1 Å². The van der Waals surface area contributed by atoms with E-state index in [-0.39, 0.29) is 6.04 Å². The average molecular weight is 283 g/mol. The molecule has 0 bridgehead atoms. The van der Waals surface area contributed by atoms with Crippen LogP contribution in [0.25, 0.3) is 0 Å². The maximum absolute atomic E-state index is 5.92. The molecule has 0 heterocycles. The van der Waals surface area contributed by atoms with Gasteiger partial charge in [0.05, 0.1) is 6.61 Å². The van der Waals surface area contributed by atoms with Gasteiger partial charge in [0.2, 0.25) is 0 Å². The zero-order valence-corrected chi connectivity index (χ0v) is 12.8. The second-order valence-electron chi connectivity index (χ2n) is 5.58. The van der Waals surface area contributed by atoms with Gasteiger partial charge in [0, 0.05) is 6.04 Å². The first-order valence-corrected chi connectivity index (χ1v) is 7.76. The van der Waals surface area contributed by atoms with Crippen LogP contribution in [0.1, 0.15) is 30.9 Å². The van der Waals surface area contributed by atoms with E-state index in [1.54, 1.807) is 0 Å². The van der Waals surface area contributed by atoms with Crippen LogP contribution in [0.5, 0.6) is 5.75 Å². The molecule has 0 aliphatic rings. The van der Waals surface area contributed by atoms with E-state index < -0.39 is 0 Å². The lowest BCUT2D eigenvalue weighted by Crippen LogP contribution is -2.18. The van der Waals surface area contributed by atoms with Crippen molar-refractivity contribution in [3.05, 3.63) is 65.7 Å². The van der Waals surface area contributed by atoms with Gasteiger partial charge in [-0.05, 0) is 49.8 Å². The molecule has 2 aromatic carbocycles. The SMILES string of the molecule is CC(N)Cc1ccccc1OCCCCc1ccccc1. The quantitative estimate of drug-likeness (QED) is 0.744. The molecule has 0 fully saturated rings. The molecule has 2 rings (SSSR count). The summed E-state index contributed by atoms with van der Waals surface area (Å²) in [6.07, 6.45) is 4.20. The van der Waals surface area contributed by atoms with E-state index in [1.165, 1.54) is 11.1 Å². The third-order valence-corrected chi connectivity index (χ3v) is 3.47. The van der Waals surface area contributed by atoms with Crippen molar-refractivity contribution in [1.29, 1.82) is 0 Å². The topological polar surface area (TPSA) is 35.2 Å². The number of nitrogens with two attached hydrogens (primary N) is 1. The molecule has 0 saturated heterocycles. The van der Waals surface area contributed by atoms with Crippen molar-refractivity contribution in [3.63, 3.8) is 0 Å². The van der Waals surface area contributed by atoms with E-state index in [4.69, 9.17) is 10.5 Å². The van der Waals surface area contributed by atoms with Crippen molar-refractivity contribution in [1.82, 2.24) is 0 Å². The summed E-state index contributed by atoms with van der Waals surface area (Å²) in [4.78, 5) is 0. The molecule has 0 radical (unpaired) electrons. The summed E-state index contributed by atoms with van der Waals surface area (Å²) in [7, 11) is 0.